The summed E-state index contributed by atoms with van der Waals surface area (Å²) in [6, 6.07) is 14.9. The smallest absolute Gasteiger partial charge is 0.265 e. The monoisotopic (exact) mass is 438 g/mol. The lowest BCUT2D eigenvalue weighted by molar-refractivity contribution is 0.616. The quantitative estimate of drug-likeness (QED) is 0.381. The molecule has 152 valence electrons. The molecule has 1 atom stereocenters. The van der Waals surface area contributed by atoms with Gasteiger partial charge in [0.2, 0.25) is 0 Å². The molecule has 5 nitrogen and oxygen atoms in total. The number of hydrogen-bond donors (Lipinski definition) is 0. The molecule has 0 aliphatic rings. The lowest BCUT2D eigenvalue weighted by Crippen LogP contribution is -2.26. The molecule has 30 heavy (non-hydrogen) atoms. The average Bonchev–Trinajstić information content (AvgIpc) is 2.75. The summed E-state index contributed by atoms with van der Waals surface area (Å²) in [5.41, 5.74) is 3.98. The predicted molar refractivity (Wildman–Crippen MR) is 121 cm³/mol. The third-order valence-electron chi connectivity index (χ3n) is 5.14. The predicted octanol–water partition coefficient (Wildman–Crippen LogP) is 6.03. The van der Waals surface area contributed by atoms with Gasteiger partial charge in [0.05, 0.1) is 6.20 Å². The first-order valence-corrected chi connectivity index (χ1v) is 10.6. The Hall–Kier alpha value is -2.76. The lowest BCUT2D eigenvalue weighted by Gasteiger charge is -2.14. The van der Waals surface area contributed by atoms with Gasteiger partial charge in [0.25, 0.3) is 5.56 Å². The Morgan fingerprint density at radius 1 is 0.933 bits per heavy atom. The van der Waals surface area contributed by atoms with E-state index in [9.17, 15) is 4.79 Å². The molecular weight excluding hydrogens is 419 g/mol. The molecule has 0 amide bonds. The van der Waals surface area contributed by atoms with Crippen molar-refractivity contribution in [3.63, 3.8) is 0 Å². The summed E-state index contributed by atoms with van der Waals surface area (Å²) in [7, 11) is 0. The number of benzene rings is 2. The molecule has 2 aromatic carbocycles. The summed E-state index contributed by atoms with van der Waals surface area (Å²) in [6.07, 6.45) is 3.52. The fourth-order valence-corrected chi connectivity index (χ4v) is 3.84. The van der Waals surface area contributed by atoms with Gasteiger partial charge in [-0.3, -0.25) is 4.79 Å². The van der Waals surface area contributed by atoms with Gasteiger partial charge in [0, 0.05) is 27.1 Å². The number of hydrogen-bond acceptors (Lipinski definition) is 4. The van der Waals surface area contributed by atoms with Crippen LogP contribution < -0.4 is 5.56 Å². The van der Waals surface area contributed by atoms with Gasteiger partial charge < -0.3 is 0 Å². The Kier molecular flexibility index (Phi) is 5.84. The van der Waals surface area contributed by atoms with E-state index >= 15 is 0 Å². The highest BCUT2D eigenvalue weighted by Gasteiger charge is 2.20. The Morgan fingerprint density at radius 2 is 1.53 bits per heavy atom. The maximum Gasteiger partial charge on any atom is 0.296 e. The summed E-state index contributed by atoms with van der Waals surface area (Å²) in [4.78, 5) is 13.1. The van der Waals surface area contributed by atoms with Gasteiger partial charge in [-0.2, -0.15) is 9.61 Å². The number of halogens is 2. The zero-order valence-electron chi connectivity index (χ0n) is 16.6. The van der Waals surface area contributed by atoms with Crippen molar-refractivity contribution in [2.24, 2.45) is 0 Å². The minimum Gasteiger partial charge on any atom is -0.265 e. The Morgan fingerprint density at radius 3 is 2.13 bits per heavy atom. The van der Waals surface area contributed by atoms with Crippen LogP contribution in [-0.2, 0) is 0 Å². The normalized spacial score (nSPS) is 12.3. The van der Waals surface area contributed by atoms with Crippen molar-refractivity contribution < 1.29 is 0 Å². The van der Waals surface area contributed by atoms with Crippen LogP contribution in [0.3, 0.4) is 0 Å². The minimum absolute atomic E-state index is 0.0172. The number of aromatic nitrogens is 4. The molecule has 0 N–H and O–H groups in total. The molecule has 0 spiro atoms. The fourth-order valence-electron chi connectivity index (χ4n) is 3.58. The van der Waals surface area contributed by atoms with Crippen LogP contribution in [0.25, 0.3) is 27.9 Å². The molecule has 0 aliphatic carbocycles. The van der Waals surface area contributed by atoms with E-state index in [0.29, 0.717) is 21.4 Å². The average molecular weight is 439 g/mol. The van der Waals surface area contributed by atoms with Gasteiger partial charge in [-0.1, -0.05) is 67.7 Å². The topological polar surface area (TPSA) is 60.1 Å². The van der Waals surface area contributed by atoms with Crippen LogP contribution in [0.2, 0.25) is 10.0 Å². The summed E-state index contributed by atoms with van der Waals surface area (Å²) in [6.45, 7) is 4.07. The van der Waals surface area contributed by atoms with E-state index in [1.807, 2.05) is 55.5 Å². The summed E-state index contributed by atoms with van der Waals surface area (Å²) in [5, 5.41) is 14.4. The second kappa shape index (κ2) is 8.54. The van der Waals surface area contributed by atoms with Crippen LogP contribution in [0, 0.1) is 0 Å². The van der Waals surface area contributed by atoms with E-state index in [1.54, 1.807) is 6.20 Å². The molecule has 2 heterocycles. The van der Waals surface area contributed by atoms with E-state index in [-0.39, 0.29) is 11.5 Å². The molecule has 0 fully saturated rings. The second-order valence-electron chi connectivity index (χ2n) is 7.26. The van der Waals surface area contributed by atoms with Crippen molar-refractivity contribution in [1.29, 1.82) is 0 Å². The van der Waals surface area contributed by atoms with Crippen molar-refractivity contribution in [3.05, 3.63) is 80.8 Å². The van der Waals surface area contributed by atoms with Crippen LogP contribution in [0.1, 0.15) is 38.3 Å². The largest absolute Gasteiger partial charge is 0.296 e. The highest BCUT2D eigenvalue weighted by atomic mass is 35.5. The second-order valence-corrected chi connectivity index (χ2v) is 8.14. The first-order chi connectivity index (χ1) is 14.5. The Bertz CT molecular complexity index is 1250. The molecular formula is C23H20Cl2N4O. The van der Waals surface area contributed by atoms with Crippen molar-refractivity contribution in [2.45, 2.75) is 32.6 Å². The molecule has 0 bridgehead atoms. The van der Waals surface area contributed by atoms with Gasteiger partial charge in [-0.05, 0) is 41.8 Å². The summed E-state index contributed by atoms with van der Waals surface area (Å²) in [5.74, 6) is 0.0172. The van der Waals surface area contributed by atoms with Gasteiger partial charge in [0.15, 0.2) is 5.65 Å². The summed E-state index contributed by atoms with van der Waals surface area (Å²) >= 11 is 12.2. The molecule has 0 aliphatic heterocycles. The Balaban J connectivity index is 2.01. The van der Waals surface area contributed by atoms with Gasteiger partial charge in [-0.25, -0.2) is 0 Å². The number of rotatable bonds is 5. The van der Waals surface area contributed by atoms with Crippen molar-refractivity contribution in [1.82, 2.24) is 19.8 Å². The van der Waals surface area contributed by atoms with E-state index in [2.05, 4.69) is 22.2 Å². The molecule has 4 aromatic rings. The molecule has 0 saturated carbocycles. The van der Waals surface area contributed by atoms with Gasteiger partial charge in [0.1, 0.15) is 5.69 Å². The van der Waals surface area contributed by atoms with E-state index in [1.165, 1.54) is 4.52 Å². The standard InChI is InChI=1S/C23H20Cl2N4O/c1-3-4-14(2)21-23(30)29-22(28-27-21)20(16-7-11-18(25)12-8-16)19(13-26-29)15-5-9-17(24)10-6-15/h5-14H,3-4H2,1-2H3. The maximum atomic E-state index is 13.1. The molecule has 7 heteroatoms. The number of fused-ring (bicyclic) bond motifs is 1. The lowest BCUT2D eigenvalue weighted by atomic mass is 9.97. The zero-order valence-corrected chi connectivity index (χ0v) is 18.2. The highest BCUT2D eigenvalue weighted by Crippen LogP contribution is 2.35. The van der Waals surface area contributed by atoms with Crippen molar-refractivity contribution >= 4 is 28.8 Å². The van der Waals surface area contributed by atoms with E-state index in [0.717, 1.165) is 35.1 Å². The van der Waals surface area contributed by atoms with E-state index in [4.69, 9.17) is 23.2 Å². The van der Waals surface area contributed by atoms with Crippen LogP contribution in [0.5, 0.6) is 0 Å². The molecule has 0 radical (unpaired) electrons. The molecule has 1 unspecified atom stereocenters. The number of nitrogens with zero attached hydrogens (tertiary/aromatic N) is 4. The first kappa shape index (κ1) is 20.5. The third-order valence-corrected chi connectivity index (χ3v) is 5.64. The maximum absolute atomic E-state index is 13.1. The zero-order chi connectivity index (χ0) is 21.3. The minimum atomic E-state index is -0.237. The third kappa shape index (κ3) is 3.83. The van der Waals surface area contributed by atoms with Crippen LogP contribution in [-0.4, -0.2) is 19.8 Å². The van der Waals surface area contributed by atoms with Crippen LogP contribution in [0.4, 0.5) is 0 Å². The van der Waals surface area contributed by atoms with E-state index < -0.39 is 0 Å². The van der Waals surface area contributed by atoms with Gasteiger partial charge in [-0.15, -0.1) is 10.2 Å². The molecule has 4 rings (SSSR count). The SMILES string of the molecule is CCCC(C)c1nnc2c(-c3ccc(Cl)cc3)c(-c3ccc(Cl)cc3)cnn2c1=O. The van der Waals surface area contributed by atoms with Crippen molar-refractivity contribution in [2.75, 3.05) is 0 Å². The molecule has 0 saturated heterocycles. The highest BCUT2D eigenvalue weighted by molar-refractivity contribution is 6.31. The fraction of sp³-hybridized carbons (Fsp3) is 0.217. The van der Waals surface area contributed by atoms with Crippen molar-refractivity contribution in [3.8, 4) is 22.3 Å². The van der Waals surface area contributed by atoms with Crippen LogP contribution in [0.15, 0.2) is 59.5 Å². The molecule has 2 aromatic heterocycles. The van der Waals surface area contributed by atoms with Gasteiger partial charge >= 0.3 is 0 Å². The first-order valence-electron chi connectivity index (χ1n) is 9.80. The summed E-state index contributed by atoms with van der Waals surface area (Å²) < 4.78 is 1.35. The Labute approximate surface area is 184 Å². The van der Waals surface area contributed by atoms with Crippen LogP contribution >= 0.6 is 23.2 Å².